The van der Waals surface area contributed by atoms with Crippen molar-refractivity contribution in [3.63, 3.8) is 0 Å². The smallest absolute Gasteiger partial charge is 0.178 e. The van der Waals surface area contributed by atoms with Gasteiger partial charge in [0, 0.05) is 35.4 Å². The fourth-order valence-corrected chi connectivity index (χ4v) is 2.80. The average molecular weight is 384 g/mol. The van der Waals surface area contributed by atoms with Crippen molar-refractivity contribution in [1.82, 2.24) is 9.55 Å². The number of fused-ring (bicyclic) bond motifs is 1. The molecule has 2 aromatic rings. The van der Waals surface area contributed by atoms with Gasteiger partial charge in [-0.05, 0) is 40.9 Å². The van der Waals surface area contributed by atoms with Gasteiger partial charge in [-0.15, -0.1) is 0 Å². The van der Waals surface area contributed by atoms with Crippen LogP contribution >= 0.6 is 34.8 Å². The van der Waals surface area contributed by atoms with Crippen LogP contribution in [0, 0.1) is 14.2 Å². The third kappa shape index (κ3) is 2.76. The van der Waals surface area contributed by atoms with E-state index < -0.39 is 10.8 Å². The predicted molar refractivity (Wildman–Crippen MR) is 78.7 cm³/mol. The standard InChI is InChI=1S/C10H10FIN2OS2/c1-17(15)3-2-14-9-4-6(11)7(12)5-8(9)13-10(14)16/h4-5H,2-3H2,1H3,(H,13,16). The highest BCUT2D eigenvalue weighted by Gasteiger charge is 2.08. The van der Waals surface area contributed by atoms with Crippen LogP contribution in [0.3, 0.4) is 0 Å². The lowest BCUT2D eigenvalue weighted by Crippen LogP contribution is -2.06. The monoisotopic (exact) mass is 384 g/mol. The molecule has 1 aromatic heterocycles. The van der Waals surface area contributed by atoms with Gasteiger partial charge in [0.05, 0.1) is 14.6 Å². The van der Waals surface area contributed by atoms with Crippen LogP contribution in [0.25, 0.3) is 11.0 Å². The van der Waals surface area contributed by atoms with Gasteiger partial charge in [0.15, 0.2) is 4.77 Å². The van der Waals surface area contributed by atoms with Crippen LogP contribution in [-0.4, -0.2) is 25.8 Å². The number of nitrogens with zero attached hydrogens (tertiary/aromatic N) is 1. The summed E-state index contributed by atoms with van der Waals surface area (Å²) in [7, 11) is -0.887. The Morgan fingerprint density at radius 1 is 1.59 bits per heavy atom. The molecule has 0 amide bonds. The van der Waals surface area contributed by atoms with E-state index >= 15 is 0 Å². The Kier molecular flexibility index (Phi) is 3.99. The fourth-order valence-electron chi connectivity index (χ4n) is 1.59. The van der Waals surface area contributed by atoms with Gasteiger partial charge in [0.1, 0.15) is 5.82 Å². The van der Waals surface area contributed by atoms with E-state index in [2.05, 4.69) is 4.98 Å². The molecule has 1 N–H and O–H groups in total. The van der Waals surface area contributed by atoms with Crippen LogP contribution in [0.5, 0.6) is 0 Å². The Morgan fingerprint density at radius 3 is 2.94 bits per heavy atom. The Labute approximate surface area is 119 Å². The van der Waals surface area contributed by atoms with E-state index in [1.54, 1.807) is 16.9 Å². The van der Waals surface area contributed by atoms with Crippen molar-refractivity contribution in [3.8, 4) is 0 Å². The van der Waals surface area contributed by atoms with Crippen LogP contribution in [0.15, 0.2) is 12.1 Å². The van der Waals surface area contributed by atoms with Gasteiger partial charge < -0.3 is 9.55 Å². The van der Waals surface area contributed by atoms with Gasteiger partial charge in [-0.2, -0.15) is 0 Å². The second-order valence-corrected chi connectivity index (χ2v) is 6.75. The summed E-state index contributed by atoms with van der Waals surface area (Å²) in [5.74, 6) is 0.243. The first-order valence-electron chi connectivity index (χ1n) is 4.86. The van der Waals surface area contributed by atoms with Crippen molar-refractivity contribution in [1.29, 1.82) is 0 Å². The minimum Gasteiger partial charge on any atom is -0.331 e. The molecule has 1 unspecified atom stereocenters. The van der Waals surface area contributed by atoms with Crippen LogP contribution in [-0.2, 0) is 17.3 Å². The number of hydrogen-bond acceptors (Lipinski definition) is 2. The number of halogens is 2. The number of hydrogen-bond donors (Lipinski definition) is 1. The molecule has 0 bridgehead atoms. The highest BCUT2D eigenvalue weighted by atomic mass is 127. The van der Waals surface area contributed by atoms with E-state index in [4.69, 9.17) is 12.2 Å². The molecule has 0 saturated heterocycles. The second-order valence-electron chi connectivity index (χ2n) is 3.64. The molecule has 7 heteroatoms. The van der Waals surface area contributed by atoms with Crippen LogP contribution in [0.4, 0.5) is 4.39 Å². The largest absolute Gasteiger partial charge is 0.331 e. The molecule has 0 aliphatic rings. The third-order valence-electron chi connectivity index (χ3n) is 2.42. The number of imidazole rings is 1. The molecule has 2 rings (SSSR count). The molecule has 3 nitrogen and oxygen atoms in total. The first kappa shape index (κ1) is 13.2. The summed E-state index contributed by atoms with van der Waals surface area (Å²) in [4.78, 5) is 3.03. The summed E-state index contributed by atoms with van der Waals surface area (Å²) in [6.45, 7) is 0.530. The number of benzene rings is 1. The number of H-pyrrole nitrogens is 1. The van der Waals surface area contributed by atoms with Crippen molar-refractivity contribution in [2.45, 2.75) is 6.54 Å². The third-order valence-corrected chi connectivity index (χ3v) is 4.33. The maximum absolute atomic E-state index is 13.5. The molecule has 1 heterocycles. The Bertz CT molecular complexity index is 650. The molecule has 0 saturated carbocycles. The second kappa shape index (κ2) is 5.15. The first-order valence-corrected chi connectivity index (χ1v) is 8.08. The zero-order valence-corrected chi connectivity index (χ0v) is 12.8. The van der Waals surface area contributed by atoms with Gasteiger partial charge in [0.2, 0.25) is 0 Å². The van der Waals surface area contributed by atoms with Crippen LogP contribution in [0.2, 0.25) is 0 Å². The van der Waals surface area contributed by atoms with Crippen molar-refractivity contribution in [2.24, 2.45) is 0 Å². The lowest BCUT2D eigenvalue weighted by atomic mass is 10.3. The van der Waals surface area contributed by atoms with Gasteiger partial charge in [-0.1, -0.05) is 0 Å². The van der Waals surface area contributed by atoms with E-state index in [-0.39, 0.29) is 5.82 Å². The minimum atomic E-state index is -0.887. The Hall–Kier alpha value is -0.280. The molecular formula is C10H10FIN2OS2. The molecule has 0 aliphatic heterocycles. The quantitative estimate of drug-likeness (QED) is 0.653. The minimum absolute atomic E-state index is 0.265. The van der Waals surface area contributed by atoms with E-state index in [0.29, 0.717) is 20.6 Å². The Balaban J connectivity index is 2.54. The molecule has 0 aliphatic carbocycles. The van der Waals surface area contributed by atoms with Gasteiger partial charge in [-0.3, -0.25) is 4.21 Å². The first-order chi connectivity index (χ1) is 7.99. The van der Waals surface area contributed by atoms with Crippen molar-refractivity contribution in [2.75, 3.05) is 12.0 Å². The lowest BCUT2D eigenvalue weighted by Gasteiger charge is -2.03. The molecule has 92 valence electrons. The van der Waals surface area contributed by atoms with Crippen molar-refractivity contribution in [3.05, 3.63) is 26.3 Å². The van der Waals surface area contributed by atoms with Crippen molar-refractivity contribution >= 4 is 56.6 Å². The highest BCUT2D eigenvalue weighted by molar-refractivity contribution is 14.1. The Morgan fingerprint density at radius 2 is 2.29 bits per heavy atom. The van der Waals surface area contributed by atoms with Crippen LogP contribution < -0.4 is 0 Å². The maximum Gasteiger partial charge on any atom is 0.178 e. The lowest BCUT2D eigenvalue weighted by molar-refractivity contribution is 0.620. The SMILES string of the molecule is CS(=O)CCn1c(=S)[nH]c2cc(I)c(F)cc21. The molecule has 0 spiro atoms. The molecule has 0 radical (unpaired) electrons. The molecule has 1 aromatic carbocycles. The topological polar surface area (TPSA) is 37.8 Å². The summed E-state index contributed by atoms with van der Waals surface area (Å²) in [6.07, 6.45) is 1.64. The zero-order chi connectivity index (χ0) is 12.6. The van der Waals surface area contributed by atoms with E-state index in [0.717, 1.165) is 11.0 Å². The van der Waals surface area contributed by atoms with E-state index in [1.807, 2.05) is 22.6 Å². The number of nitrogens with one attached hydrogen (secondary N) is 1. The summed E-state index contributed by atoms with van der Waals surface area (Å²) in [6, 6.07) is 3.18. The van der Waals surface area contributed by atoms with Crippen molar-refractivity contribution < 1.29 is 8.60 Å². The fraction of sp³-hybridized carbons (Fsp3) is 0.300. The number of aromatic amines is 1. The zero-order valence-electron chi connectivity index (χ0n) is 9.00. The average Bonchev–Trinajstić information content (AvgIpc) is 2.52. The summed E-state index contributed by atoms with van der Waals surface area (Å²) in [5, 5.41) is 0. The highest BCUT2D eigenvalue weighted by Crippen LogP contribution is 2.20. The van der Waals surface area contributed by atoms with Gasteiger partial charge in [-0.25, -0.2) is 4.39 Å². The van der Waals surface area contributed by atoms with E-state index in [1.165, 1.54) is 6.07 Å². The number of aromatic nitrogens is 2. The number of aryl methyl sites for hydroxylation is 1. The molecule has 0 fully saturated rings. The van der Waals surface area contributed by atoms with E-state index in [9.17, 15) is 8.60 Å². The van der Waals surface area contributed by atoms with Gasteiger partial charge in [0.25, 0.3) is 0 Å². The molecule has 1 atom stereocenters. The summed E-state index contributed by atoms with van der Waals surface area (Å²) >= 11 is 7.11. The maximum atomic E-state index is 13.5. The molecule has 17 heavy (non-hydrogen) atoms. The summed E-state index contributed by atoms with van der Waals surface area (Å²) < 4.78 is 27.5. The summed E-state index contributed by atoms with van der Waals surface area (Å²) in [5.41, 5.74) is 1.53. The van der Waals surface area contributed by atoms with Crippen LogP contribution in [0.1, 0.15) is 0 Å². The van der Waals surface area contributed by atoms with Gasteiger partial charge >= 0.3 is 0 Å². The predicted octanol–water partition coefficient (Wildman–Crippen LogP) is 2.82. The normalized spacial score (nSPS) is 13.1. The number of rotatable bonds is 3. The molecular weight excluding hydrogens is 374 g/mol.